The number of anilines is 1. The van der Waals surface area contributed by atoms with E-state index >= 15 is 4.39 Å². The third kappa shape index (κ3) is 4.75. The van der Waals surface area contributed by atoms with Gasteiger partial charge in [0.15, 0.2) is 5.82 Å². The first-order chi connectivity index (χ1) is 16.4. The number of halogens is 3. The number of fused-ring (bicyclic) bond motifs is 1. The topological polar surface area (TPSA) is 71.7 Å². The first kappa shape index (κ1) is 25.1. The van der Waals surface area contributed by atoms with Crippen LogP contribution in [0.5, 0.6) is 0 Å². The number of amides is 1. The average molecular weight is 519 g/mol. The minimum atomic E-state index is -0.763. The van der Waals surface area contributed by atoms with Gasteiger partial charge in [0.1, 0.15) is 22.1 Å². The van der Waals surface area contributed by atoms with E-state index in [9.17, 15) is 9.18 Å². The van der Waals surface area contributed by atoms with Gasteiger partial charge in [0, 0.05) is 37.3 Å². The van der Waals surface area contributed by atoms with Crippen LogP contribution in [0.15, 0.2) is 36.5 Å². The van der Waals surface area contributed by atoms with Crippen molar-refractivity contribution in [1.82, 2.24) is 14.8 Å². The number of nitrogen functional groups attached to an aromatic ring is 1. The monoisotopic (exact) mass is 518 g/mol. The molecule has 0 aliphatic carbocycles. The Bertz CT molecular complexity index is 1340. The van der Waals surface area contributed by atoms with Gasteiger partial charge in [0.2, 0.25) is 0 Å². The summed E-state index contributed by atoms with van der Waals surface area (Å²) in [5.41, 5.74) is 5.95. The number of benzene rings is 2. The largest absolute Gasteiger partial charge is 0.444 e. The number of likely N-dealkylation sites (tertiary alicyclic amines) is 1. The molecule has 0 unspecified atom stereocenters. The Morgan fingerprint density at radius 1 is 1.26 bits per heavy atom. The summed E-state index contributed by atoms with van der Waals surface area (Å²) in [6.07, 6.45) is 0.988. The molecule has 4 rings (SSSR count). The zero-order valence-corrected chi connectivity index (χ0v) is 21.3. The lowest BCUT2D eigenvalue weighted by Crippen LogP contribution is -2.61. The fraction of sp³-hybridized carbons (Fsp3) is 0.320. The third-order valence-electron chi connectivity index (χ3n) is 5.86. The molecule has 1 aliphatic heterocycles. The molecule has 2 N–H and O–H groups in total. The number of thiocarbonyl (C=S) groups is 1. The highest BCUT2D eigenvalue weighted by Gasteiger charge is 2.36. The predicted octanol–water partition coefficient (Wildman–Crippen LogP) is 5.64. The number of nitrogens with zero attached hydrogens (tertiary/aromatic N) is 3. The molecule has 0 radical (unpaired) electrons. The van der Waals surface area contributed by atoms with Gasteiger partial charge in [-0.3, -0.25) is 4.98 Å². The highest BCUT2D eigenvalue weighted by molar-refractivity contribution is 7.80. The van der Waals surface area contributed by atoms with Crippen LogP contribution in [0.4, 0.5) is 19.3 Å². The number of nitrogens with two attached hydrogens (primary N) is 1. The summed E-state index contributed by atoms with van der Waals surface area (Å²) in [6, 6.07) is 7.80. The van der Waals surface area contributed by atoms with Crippen molar-refractivity contribution in [3.8, 4) is 11.3 Å². The predicted molar refractivity (Wildman–Crippen MR) is 138 cm³/mol. The van der Waals surface area contributed by atoms with Gasteiger partial charge < -0.3 is 20.3 Å². The Morgan fingerprint density at radius 3 is 2.60 bits per heavy atom. The van der Waals surface area contributed by atoms with Crippen LogP contribution in [0.1, 0.15) is 26.3 Å². The molecule has 0 atom stereocenters. The molecular weight excluding hydrogens is 494 g/mol. The second kappa shape index (κ2) is 9.20. The Kier molecular flexibility index (Phi) is 6.59. The molecule has 2 aromatic carbocycles. The molecule has 184 valence electrons. The van der Waals surface area contributed by atoms with Crippen LogP contribution in [0.2, 0.25) is 5.02 Å². The lowest BCUT2D eigenvalue weighted by molar-refractivity contribution is 0.00796. The molecule has 6 nitrogen and oxygen atoms in total. The minimum Gasteiger partial charge on any atom is -0.444 e. The maximum Gasteiger partial charge on any atom is 0.410 e. The number of ether oxygens (including phenoxy) is 1. The zero-order valence-electron chi connectivity index (χ0n) is 19.7. The third-order valence-corrected chi connectivity index (χ3v) is 6.70. The van der Waals surface area contributed by atoms with Crippen molar-refractivity contribution < 1.29 is 18.3 Å². The van der Waals surface area contributed by atoms with Crippen LogP contribution < -0.4 is 5.73 Å². The maximum atomic E-state index is 15.5. The Morgan fingerprint density at radius 2 is 1.94 bits per heavy atom. The second-order valence-electron chi connectivity index (χ2n) is 9.47. The summed E-state index contributed by atoms with van der Waals surface area (Å²) >= 11 is 11.7. The molecule has 0 spiro atoms. The number of hydrogen-bond acceptors (Lipinski definition) is 5. The normalized spacial score (nSPS) is 14.1. The summed E-state index contributed by atoms with van der Waals surface area (Å²) in [6.45, 7) is 6.32. The molecular formula is C25H25ClF2N4O2S. The summed E-state index contributed by atoms with van der Waals surface area (Å²) in [4.78, 5) is 20.2. The molecule has 0 bridgehead atoms. The van der Waals surface area contributed by atoms with E-state index in [1.807, 2.05) is 4.90 Å². The minimum absolute atomic E-state index is 0.0432. The van der Waals surface area contributed by atoms with Gasteiger partial charge in [-0.2, -0.15) is 0 Å². The van der Waals surface area contributed by atoms with Crippen LogP contribution in [-0.4, -0.2) is 57.6 Å². The lowest BCUT2D eigenvalue weighted by Gasteiger charge is -2.45. The van der Waals surface area contributed by atoms with E-state index in [0.29, 0.717) is 34.4 Å². The first-order valence-corrected chi connectivity index (χ1v) is 11.7. The van der Waals surface area contributed by atoms with Crippen molar-refractivity contribution in [2.75, 3.05) is 25.9 Å². The molecule has 0 saturated carbocycles. The SMILES string of the molecule is CN(C(=O)OC(C)(C)C)C1CN(C(=S)c2cnc(-c3cccc4ccc(F)c(Cl)c34)c(F)c2N)C1. The van der Waals surface area contributed by atoms with E-state index in [0.717, 1.165) is 0 Å². The number of carbonyl (C=O) groups is 1. The van der Waals surface area contributed by atoms with E-state index < -0.39 is 23.3 Å². The van der Waals surface area contributed by atoms with E-state index in [2.05, 4.69) is 4.98 Å². The van der Waals surface area contributed by atoms with Gasteiger partial charge in [-0.1, -0.05) is 48.1 Å². The zero-order chi connectivity index (χ0) is 25.7. The molecule has 2 heterocycles. The van der Waals surface area contributed by atoms with E-state index in [-0.39, 0.29) is 28.0 Å². The number of likely N-dealkylation sites (N-methyl/N-ethyl adjacent to an activating group) is 1. The van der Waals surface area contributed by atoms with Gasteiger partial charge in [0.25, 0.3) is 0 Å². The van der Waals surface area contributed by atoms with Crippen LogP contribution in [0.3, 0.4) is 0 Å². The average Bonchev–Trinajstić information content (AvgIpc) is 2.75. The van der Waals surface area contributed by atoms with Gasteiger partial charge in [0.05, 0.1) is 22.3 Å². The van der Waals surface area contributed by atoms with Gasteiger partial charge in [-0.05, 0) is 32.2 Å². The fourth-order valence-corrected chi connectivity index (χ4v) is 4.47. The number of carbonyl (C=O) groups excluding carboxylic acids is 1. The first-order valence-electron chi connectivity index (χ1n) is 10.9. The molecule has 1 saturated heterocycles. The van der Waals surface area contributed by atoms with E-state index in [1.54, 1.807) is 52.1 Å². The van der Waals surface area contributed by atoms with Crippen LogP contribution >= 0.6 is 23.8 Å². The number of rotatable bonds is 3. The van der Waals surface area contributed by atoms with Crippen LogP contribution in [0.25, 0.3) is 22.0 Å². The van der Waals surface area contributed by atoms with E-state index in [4.69, 9.17) is 34.3 Å². The van der Waals surface area contributed by atoms with E-state index in [1.165, 1.54) is 17.2 Å². The highest BCUT2D eigenvalue weighted by Crippen LogP contribution is 2.37. The summed E-state index contributed by atoms with van der Waals surface area (Å²) in [7, 11) is 1.67. The van der Waals surface area contributed by atoms with Gasteiger partial charge >= 0.3 is 6.09 Å². The molecule has 1 amide bonds. The summed E-state index contributed by atoms with van der Waals surface area (Å²) < 4.78 is 35.0. The fourth-order valence-electron chi connectivity index (χ4n) is 3.89. The van der Waals surface area contributed by atoms with Crippen LogP contribution in [0, 0.1) is 11.6 Å². The van der Waals surface area contributed by atoms with Crippen molar-refractivity contribution in [1.29, 1.82) is 0 Å². The number of pyridine rings is 1. The molecule has 3 aromatic rings. The molecule has 1 aliphatic rings. The van der Waals surface area contributed by atoms with Crippen molar-refractivity contribution in [3.05, 3.63) is 58.7 Å². The van der Waals surface area contributed by atoms with Crippen molar-refractivity contribution in [3.63, 3.8) is 0 Å². The Labute approximate surface area is 212 Å². The standard InChI is InChI=1S/C25H25ClF2N4O2S/c1-25(2,3)34-24(33)31(4)14-11-32(12-14)23(35)16-10-30-22(20(28)21(16)29)15-7-5-6-13-8-9-17(27)19(26)18(13)15/h5-10,14H,11-12H2,1-4H3,(H2,29,30). The lowest BCUT2D eigenvalue weighted by atomic mass is 9.99. The molecule has 10 heteroatoms. The molecule has 1 aromatic heterocycles. The molecule has 35 heavy (non-hydrogen) atoms. The quantitative estimate of drug-likeness (QED) is 0.452. The second-order valence-corrected chi connectivity index (χ2v) is 10.2. The van der Waals surface area contributed by atoms with Crippen molar-refractivity contribution in [2.45, 2.75) is 32.4 Å². The van der Waals surface area contributed by atoms with Crippen molar-refractivity contribution >= 4 is 51.4 Å². The van der Waals surface area contributed by atoms with Gasteiger partial charge in [-0.15, -0.1) is 0 Å². The maximum absolute atomic E-state index is 15.5. The number of hydrogen-bond donors (Lipinski definition) is 1. The highest BCUT2D eigenvalue weighted by atomic mass is 35.5. The Balaban J connectivity index is 1.56. The van der Waals surface area contributed by atoms with Gasteiger partial charge in [-0.25, -0.2) is 13.6 Å². The van der Waals surface area contributed by atoms with Crippen LogP contribution in [-0.2, 0) is 4.74 Å². The summed E-state index contributed by atoms with van der Waals surface area (Å²) in [5, 5.41) is 0.887. The summed E-state index contributed by atoms with van der Waals surface area (Å²) in [5.74, 6) is -1.37. The number of aromatic nitrogens is 1. The van der Waals surface area contributed by atoms with Crippen molar-refractivity contribution in [2.24, 2.45) is 0 Å². The molecule has 1 fully saturated rings. The smallest absolute Gasteiger partial charge is 0.410 e. The Hall–Kier alpha value is -3.04.